The molecule has 2 aliphatic rings. The molecule has 0 unspecified atom stereocenters. The van der Waals surface area contributed by atoms with E-state index in [1.807, 2.05) is 0 Å². The Morgan fingerprint density at radius 3 is 2.32 bits per heavy atom. The van der Waals surface area contributed by atoms with Crippen molar-refractivity contribution >= 4 is 45.3 Å². The van der Waals surface area contributed by atoms with Crippen LogP contribution in [0.3, 0.4) is 0 Å². The number of amides is 4. The summed E-state index contributed by atoms with van der Waals surface area (Å²) in [6, 6.07) is 11.5. The van der Waals surface area contributed by atoms with E-state index in [4.69, 9.17) is 17.3 Å². The van der Waals surface area contributed by atoms with Gasteiger partial charge in [-0.3, -0.25) is 19.2 Å². The van der Waals surface area contributed by atoms with Crippen LogP contribution in [0.2, 0.25) is 5.02 Å². The lowest BCUT2D eigenvalue weighted by Gasteiger charge is -2.35. The summed E-state index contributed by atoms with van der Waals surface area (Å²) in [5.41, 5.74) is 7.93. The van der Waals surface area contributed by atoms with Crippen molar-refractivity contribution in [1.29, 1.82) is 0 Å². The monoisotopic (exact) mass is 646 g/mol. The summed E-state index contributed by atoms with van der Waals surface area (Å²) in [4.78, 5) is 56.8. The Bertz CT molecular complexity index is 1470. The molecule has 0 saturated carbocycles. The van der Waals surface area contributed by atoms with Gasteiger partial charge in [0.2, 0.25) is 33.7 Å². The smallest absolute Gasteiger partial charge is 0.243 e. The van der Waals surface area contributed by atoms with Crippen LogP contribution in [-0.4, -0.2) is 91.6 Å². The summed E-state index contributed by atoms with van der Waals surface area (Å²) >= 11 is 6.13. The first-order chi connectivity index (χ1) is 21.0. The molecule has 14 heteroatoms. The third kappa shape index (κ3) is 8.78. The van der Waals surface area contributed by atoms with Crippen LogP contribution in [0.5, 0.6) is 0 Å². The zero-order valence-corrected chi connectivity index (χ0v) is 26.3. The van der Waals surface area contributed by atoms with Crippen LogP contribution in [0.25, 0.3) is 0 Å². The molecular weight excluding hydrogens is 608 g/mol. The summed E-state index contributed by atoms with van der Waals surface area (Å²) in [7, 11) is -4.05. The largest absolute Gasteiger partial charge is 0.350 e. The average Bonchev–Trinajstić information content (AvgIpc) is 3.49. The molecule has 0 aliphatic carbocycles. The molecule has 0 aromatic heterocycles. The van der Waals surface area contributed by atoms with Crippen molar-refractivity contribution < 1.29 is 27.6 Å². The molecule has 2 atom stereocenters. The van der Waals surface area contributed by atoms with Crippen LogP contribution in [0.15, 0.2) is 48.5 Å². The van der Waals surface area contributed by atoms with Gasteiger partial charge in [0, 0.05) is 57.8 Å². The van der Waals surface area contributed by atoms with E-state index < -0.39 is 46.2 Å². The molecule has 4 rings (SSSR count). The maximum Gasteiger partial charge on any atom is 0.243 e. The first-order valence-electron chi connectivity index (χ1n) is 14.6. The quantitative estimate of drug-likeness (QED) is 0.328. The van der Waals surface area contributed by atoms with E-state index in [9.17, 15) is 27.6 Å². The topological polar surface area (TPSA) is 162 Å². The lowest BCUT2D eigenvalue weighted by molar-refractivity contribution is -0.143. The highest BCUT2D eigenvalue weighted by atomic mass is 35.5. The second kappa shape index (κ2) is 15.0. The van der Waals surface area contributed by atoms with Gasteiger partial charge >= 0.3 is 0 Å². The van der Waals surface area contributed by atoms with Crippen molar-refractivity contribution in [2.24, 2.45) is 5.73 Å². The van der Waals surface area contributed by atoms with Gasteiger partial charge < -0.3 is 25.8 Å². The van der Waals surface area contributed by atoms with Crippen LogP contribution in [0, 0.1) is 0 Å². The Hall–Kier alpha value is -3.52. The Labute approximate surface area is 262 Å². The molecule has 2 heterocycles. The number of piperazine rings is 1. The predicted octanol–water partition coefficient (Wildman–Crippen LogP) is 0.975. The van der Waals surface area contributed by atoms with Crippen molar-refractivity contribution in [2.45, 2.75) is 57.1 Å². The first-order valence-corrected chi connectivity index (χ1v) is 16.6. The number of likely N-dealkylation sites (tertiary alicyclic amines) is 1. The molecule has 0 spiro atoms. The fourth-order valence-corrected chi connectivity index (χ4v) is 7.09. The van der Waals surface area contributed by atoms with Gasteiger partial charge in [-0.2, -0.15) is 0 Å². The van der Waals surface area contributed by atoms with Crippen LogP contribution in [0.1, 0.15) is 42.9 Å². The number of hydrogen-bond acceptors (Lipinski definition) is 7. The number of carbonyl (C=O) groups is 4. The maximum atomic E-state index is 13.9. The highest BCUT2D eigenvalue weighted by molar-refractivity contribution is 7.88. The van der Waals surface area contributed by atoms with E-state index in [1.165, 1.54) is 16.7 Å². The number of nitrogens with two attached hydrogens (primary N) is 1. The predicted molar refractivity (Wildman–Crippen MR) is 165 cm³/mol. The number of hydrogen-bond donors (Lipinski definition) is 3. The fraction of sp³-hybridized carbons (Fsp3) is 0.467. The Morgan fingerprint density at radius 2 is 1.66 bits per heavy atom. The van der Waals surface area contributed by atoms with Gasteiger partial charge in [0.25, 0.3) is 0 Å². The molecule has 2 fully saturated rings. The first kappa shape index (κ1) is 33.4. The number of sulfonamides is 1. The van der Waals surface area contributed by atoms with Crippen molar-refractivity contribution in [2.75, 3.05) is 32.7 Å². The number of rotatable bonds is 11. The van der Waals surface area contributed by atoms with E-state index in [0.29, 0.717) is 36.5 Å². The highest BCUT2D eigenvalue weighted by Crippen LogP contribution is 2.22. The Kier molecular flexibility index (Phi) is 11.4. The highest BCUT2D eigenvalue weighted by Gasteiger charge is 2.40. The SMILES string of the molecule is CC(=O)N1CCN(C(=O)C[C@@H](NS(=O)(=O)Cc2ccccc2)C(=O)N2CCC[C@H]2C(=O)NCc2cc(Cl)ccc2CN)CC1. The number of halogens is 1. The zero-order valence-electron chi connectivity index (χ0n) is 24.7. The van der Waals surface area contributed by atoms with Gasteiger partial charge in [-0.05, 0) is 41.7 Å². The molecular formula is C30H39ClN6O6S. The molecule has 0 radical (unpaired) electrons. The van der Waals surface area contributed by atoms with Crippen molar-refractivity contribution in [1.82, 2.24) is 24.7 Å². The molecule has 2 saturated heterocycles. The molecule has 4 amide bonds. The summed E-state index contributed by atoms with van der Waals surface area (Å²) < 4.78 is 28.9. The molecule has 0 bridgehead atoms. The van der Waals surface area contributed by atoms with E-state index in [2.05, 4.69) is 10.0 Å². The van der Waals surface area contributed by atoms with Crippen molar-refractivity contribution in [3.63, 3.8) is 0 Å². The standard InChI is InChI=1S/C30H39ClN6O6S/c1-21(38)35-12-14-36(15-13-35)28(39)17-26(34-44(42,43)20-22-6-3-2-4-7-22)30(41)37-11-5-8-27(37)29(40)33-19-24-16-25(31)10-9-23(24)18-32/h2-4,6-7,9-10,16,26-27,34H,5,8,11-15,17-20,32H2,1H3,(H,33,40)/t26-,27+/m1/s1. The molecule has 2 aromatic rings. The number of nitrogens with zero attached hydrogens (tertiary/aromatic N) is 3. The molecule has 2 aliphatic heterocycles. The fourth-order valence-electron chi connectivity index (χ4n) is 5.57. The van der Waals surface area contributed by atoms with E-state index in [0.717, 1.165) is 11.1 Å². The van der Waals surface area contributed by atoms with Gasteiger partial charge in [0.05, 0.1) is 12.2 Å². The summed E-state index contributed by atoms with van der Waals surface area (Å²) in [5, 5.41) is 3.36. The van der Waals surface area contributed by atoms with Gasteiger partial charge in [0.15, 0.2) is 0 Å². The van der Waals surface area contributed by atoms with E-state index >= 15 is 0 Å². The Morgan fingerprint density at radius 1 is 0.977 bits per heavy atom. The van der Waals surface area contributed by atoms with Gasteiger partial charge in [-0.1, -0.05) is 48.0 Å². The second-order valence-electron chi connectivity index (χ2n) is 11.0. The molecule has 12 nitrogen and oxygen atoms in total. The molecule has 4 N–H and O–H groups in total. The minimum atomic E-state index is -4.05. The van der Waals surface area contributed by atoms with E-state index in [-0.39, 0.29) is 44.4 Å². The summed E-state index contributed by atoms with van der Waals surface area (Å²) in [5.74, 6) is -1.91. The molecule has 238 valence electrons. The van der Waals surface area contributed by atoms with Crippen LogP contribution < -0.4 is 15.8 Å². The van der Waals surface area contributed by atoms with Crippen molar-refractivity contribution in [3.05, 3.63) is 70.2 Å². The average molecular weight is 647 g/mol. The molecule has 44 heavy (non-hydrogen) atoms. The lowest BCUT2D eigenvalue weighted by Crippen LogP contribution is -2.56. The minimum Gasteiger partial charge on any atom is -0.350 e. The number of carbonyl (C=O) groups excluding carboxylic acids is 4. The van der Waals surface area contributed by atoms with Gasteiger partial charge in [-0.15, -0.1) is 0 Å². The van der Waals surface area contributed by atoms with Crippen molar-refractivity contribution in [3.8, 4) is 0 Å². The summed E-state index contributed by atoms with van der Waals surface area (Å²) in [6.45, 7) is 3.38. The zero-order chi connectivity index (χ0) is 31.9. The second-order valence-corrected chi connectivity index (χ2v) is 13.2. The molecule has 2 aromatic carbocycles. The number of nitrogens with one attached hydrogen (secondary N) is 2. The maximum absolute atomic E-state index is 13.9. The van der Waals surface area contributed by atoms with Crippen LogP contribution >= 0.6 is 11.6 Å². The third-order valence-corrected chi connectivity index (χ3v) is 9.55. The van der Waals surface area contributed by atoms with E-state index in [1.54, 1.807) is 53.4 Å². The van der Waals surface area contributed by atoms with Gasteiger partial charge in [-0.25, -0.2) is 13.1 Å². The van der Waals surface area contributed by atoms with Crippen LogP contribution in [-0.2, 0) is 48.0 Å². The number of benzene rings is 2. The Balaban J connectivity index is 1.49. The van der Waals surface area contributed by atoms with Crippen LogP contribution in [0.4, 0.5) is 0 Å². The summed E-state index contributed by atoms with van der Waals surface area (Å²) in [6.07, 6.45) is 0.515. The lowest BCUT2D eigenvalue weighted by atomic mass is 10.1. The third-order valence-electron chi connectivity index (χ3n) is 7.96. The minimum absolute atomic E-state index is 0.0909. The van der Waals surface area contributed by atoms with Gasteiger partial charge in [0.1, 0.15) is 12.1 Å². The normalized spacial score (nSPS) is 17.8.